The van der Waals surface area contributed by atoms with Crippen molar-refractivity contribution in [1.29, 1.82) is 0 Å². The van der Waals surface area contributed by atoms with Gasteiger partial charge >= 0.3 is 5.97 Å². The summed E-state index contributed by atoms with van der Waals surface area (Å²) in [5.41, 5.74) is -0.333. The predicted molar refractivity (Wildman–Crippen MR) is 117 cm³/mol. The van der Waals surface area contributed by atoms with Gasteiger partial charge in [0.25, 0.3) is 11.8 Å². The van der Waals surface area contributed by atoms with E-state index in [-0.39, 0.29) is 36.6 Å². The molecule has 0 N–H and O–H groups in total. The number of fused-ring (bicyclic) bond motifs is 1. The predicted octanol–water partition coefficient (Wildman–Crippen LogP) is 2.39. The number of nitrogens with zero attached hydrogens (tertiary/aromatic N) is 2. The van der Waals surface area contributed by atoms with Gasteiger partial charge in [-0.1, -0.05) is 30.4 Å². The molecule has 31 heavy (non-hydrogen) atoms. The summed E-state index contributed by atoms with van der Waals surface area (Å²) in [6.45, 7) is 8.48. The van der Waals surface area contributed by atoms with Crippen LogP contribution in [0.4, 0.5) is 0 Å². The lowest BCUT2D eigenvalue weighted by molar-refractivity contribution is -0.179. The van der Waals surface area contributed by atoms with Crippen molar-refractivity contribution < 1.29 is 32.4 Å². The quantitative estimate of drug-likeness (QED) is 0.235. The molecule has 2 atom stereocenters. The number of hydrogen-bond donors (Lipinski definition) is 0. The Hall–Kier alpha value is -1.87. The molecular weight excluding hydrogens is 443 g/mol. The number of imide groups is 1. The van der Waals surface area contributed by atoms with E-state index in [9.17, 15) is 22.8 Å². The number of carbonyl (C=O) groups excluding carboxylic acids is 3. The minimum atomic E-state index is -4.05. The molecule has 11 heteroatoms. The van der Waals surface area contributed by atoms with Crippen molar-refractivity contribution in [2.75, 3.05) is 13.2 Å². The first-order valence-electron chi connectivity index (χ1n) is 9.85. The standard InChI is InChI=1S/C20H29N2O7PS/c1-13(2)12-28-22(31(26,27)30)16(19(25)29-20(3,4)5)10-11-21-17(23)14-8-6-7-9-15(14)18(21)24/h6-9,13,16H,10-12,30H2,1-5H3/t16-/m1/s1. The Labute approximate surface area is 185 Å². The van der Waals surface area contributed by atoms with Crippen LogP contribution < -0.4 is 0 Å². The van der Waals surface area contributed by atoms with E-state index in [4.69, 9.17) is 9.57 Å². The van der Waals surface area contributed by atoms with Gasteiger partial charge in [0.05, 0.1) is 17.7 Å². The number of hydroxylamine groups is 1. The van der Waals surface area contributed by atoms with E-state index in [1.54, 1.807) is 53.5 Å². The van der Waals surface area contributed by atoms with Gasteiger partial charge < -0.3 is 4.74 Å². The van der Waals surface area contributed by atoms with Crippen LogP contribution in [0.2, 0.25) is 0 Å². The van der Waals surface area contributed by atoms with E-state index in [1.807, 2.05) is 13.8 Å². The summed E-state index contributed by atoms with van der Waals surface area (Å²) in [6, 6.07) is 5.02. The van der Waals surface area contributed by atoms with Gasteiger partial charge in [0.2, 0.25) is 9.64 Å². The third kappa shape index (κ3) is 6.55. The van der Waals surface area contributed by atoms with Crippen LogP contribution in [-0.4, -0.2) is 60.4 Å². The number of carbonyl (C=O) groups is 3. The van der Waals surface area contributed by atoms with Crippen molar-refractivity contribution in [3.8, 4) is 0 Å². The highest BCUT2D eigenvalue weighted by Crippen LogP contribution is 2.25. The summed E-state index contributed by atoms with van der Waals surface area (Å²) in [6.07, 6.45) is -0.188. The SMILES string of the molecule is CC(C)CON([C@H](CCN1C(=O)c2ccccc2C1=O)C(=O)OC(C)(C)C)S(=O)(=O)P. The van der Waals surface area contributed by atoms with E-state index >= 15 is 0 Å². The lowest BCUT2D eigenvalue weighted by Crippen LogP contribution is -2.48. The molecule has 0 bridgehead atoms. The highest BCUT2D eigenvalue weighted by Gasteiger charge is 2.40. The number of esters is 1. The molecule has 1 aliphatic rings. The molecule has 172 valence electrons. The Kier molecular flexibility index (Phi) is 7.97. The molecule has 0 radical (unpaired) electrons. The fourth-order valence-corrected chi connectivity index (χ4v) is 4.31. The van der Waals surface area contributed by atoms with Crippen LogP contribution in [0.3, 0.4) is 0 Å². The second-order valence-electron chi connectivity index (χ2n) is 8.64. The van der Waals surface area contributed by atoms with E-state index in [2.05, 4.69) is 0 Å². The third-order valence-corrected chi connectivity index (χ3v) is 5.71. The van der Waals surface area contributed by atoms with Crippen molar-refractivity contribution in [3.05, 3.63) is 35.4 Å². The normalized spacial score (nSPS) is 15.5. The Balaban J connectivity index is 2.29. The summed E-state index contributed by atoms with van der Waals surface area (Å²) >= 11 is 0. The number of amides is 2. The molecule has 0 aliphatic carbocycles. The van der Waals surface area contributed by atoms with Gasteiger partial charge in [-0.15, -0.1) is 0 Å². The van der Waals surface area contributed by atoms with Crippen molar-refractivity contribution in [3.63, 3.8) is 0 Å². The molecule has 1 heterocycles. The zero-order valence-electron chi connectivity index (χ0n) is 18.3. The summed E-state index contributed by atoms with van der Waals surface area (Å²) in [7, 11) is -2.40. The minimum absolute atomic E-state index is 0.00947. The fraction of sp³-hybridized carbons (Fsp3) is 0.550. The smallest absolute Gasteiger partial charge is 0.327 e. The first-order valence-corrected chi connectivity index (χ1v) is 12.8. The van der Waals surface area contributed by atoms with E-state index < -0.39 is 39.1 Å². The molecule has 0 spiro atoms. The van der Waals surface area contributed by atoms with Gasteiger partial charge in [-0.25, -0.2) is 8.42 Å². The maximum absolute atomic E-state index is 12.9. The van der Waals surface area contributed by atoms with Crippen molar-refractivity contribution in [1.82, 2.24) is 9.37 Å². The van der Waals surface area contributed by atoms with E-state index in [1.165, 1.54) is 0 Å². The molecule has 0 saturated heterocycles. The Morgan fingerprint density at radius 2 is 1.65 bits per heavy atom. The number of ether oxygens (including phenoxy) is 1. The second-order valence-corrected chi connectivity index (χ2v) is 11.8. The molecule has 1 aromatic rings. The second kappa shape index (κ2) is 9.73. The lowest BCUT2D eigenvalue weighted by Gasteiger charge is -2.31. The van der Waals surface area contributed by atoms with Gasteiger partial charge in [-0.2, -0.15) is 0 Å². The van der Waals surface area contributed by atoms with Crippen LogP contribution in [0.15, 0.2) is 24.3 Å². The van der Waals surface area contributed by atoms with Crippen LogP contribution in [0, 0.1) is 5.92 Å². The summed E-state index contributed by atoms with van der Waals surface area (Å²) < 4.78 is 30.7. The topological polar surface area (TPSA) is 110 Å². The van der Waals surface area contributed by atoms with Gasteiger partial charge in [0, 0.05) is 15.0 Å². The van der Waals surface area contributed by atoms with Crippen LogP contribution in [0.5, 0.6) is 0 Å². The fourth-order valence-electron chi connectivity index (χ4n) is 2.94. The summed E-state index contributed by atoms with van der Waals surface area (Å²) in [5, 5.41) is 0. The largest absolute Gasteiger partial charge is 0.459 e. The van der Waals surface area contributed by atoms with Crippen LogP contribution in [0.1, 0.15) is 61.8 Å². The third-order valence-electron chi connectivity index (χ3n) is 4.22. The monoisotopic (exact) mass is 472 g/mol. The summed E-state index contributed by atoms with van der Waals surface area (Å²) in [5.74, 6) is -1.83. The summed E-state index contributed by atoms with van der Waals surface area (Å²) in [4.78, 5) is 44.5. The highest BCUT2D eigenvalue weighted by atomic mass is 32.7. The Morgan fingerprint density at radius 1 is 1.13 bits per heavy atom. The van der Waals surface area contributed by atoms with E-state index in [0.717, 1.165) is 4.90 Å². The maximum Gasteiger partial charge on any atom is 0.327 e. The number of rotatable bonds is 9. The van der Waals surface area contributed by atoms with Crippen LogP contribution in [-0.2, 0) is 24.0 Å². The van der Waals surface area contributed by atoms with Crippen molar-refractivity contribution >= 4 is 35.9 Å². The molecule has 1 unspecified atom stereocenters. The Morgan fingerprint density at radius 3 is 2.06 bits per heavy atom. The number of benzene rings is 1. The molecular formula is C20H29N2O7PS. The van der Waals surface area contributed by atoms with Crippen molar-refractivity contribution in [2.45, 2.75) is 52.7 Å². The van der Waals surface area contributed by atoms with Crippen LogP contribution >= 0.6 is 8.44 Å². The zero-order valence-corrected chi connectivity index (χ0v) is 20.3. The molecule has 2 amide bonds. The van der Waals surface area contributed by atoms with Crippen LogP contribution in [0.25, 0.3) is 0 Å². The molecule has 9 nitrogen and oxygen atoms in total. The molecule has 0 saturated carbocycles. The average Bonchev–Trinajstić information content (AvgIpc) is 2.86. The highest BCUT2D eigenvalue weighted by molar-refractivity contribution is 8.36. The molecule has 1 aliphatic heterocycles. The van der Waals surface area contributed by atoms with Gasteiger partial charge in [-0.05, 0) is 45.2 Å². The first-order chi connectivity index (χ1) is 14.2. The number of hydrogen-bond acceptors (Lipinski definition) is 7. The van der Waals surface area contributed by atoms with E-state index in [0.29, 0.717) is 4.47 Å². The lowest BCUT2D eigenvalue weighted by atomic mass is 10.1. The molecule has 1 aromatic carbocycles. The maximum atomic E-state index is 12.9. The molecule has 0 fully saturated rings. The average molecular weight is 473 g/mol. The first kappa shape index (κ1) is 25.4. The Bertz CT molecular complexity index is 922. The van der Waals surface area contributed by atoms with Gasteiger partial charge in [0.1, 0.15) is 5.60 Å². The zero-order chi connectivity index (χ0) is 23.6. The van der Waals surface area contributed by atoms with Gasteiger partial charge in [0.15, 0.2) is 6.04 Å². The van der Waals surface area contributed by atoms with Crippen molar-refractivity contribution in [2.24, 2.45) is 5.92 Å². The molecule has 0 aromatic heterocycles. The minimum Gasteiger partial charge on any atom is -0.459 e. The van der Waals surface area contributed by atoms with Gasteiger partial charge in [-0.3, -0.25) is 24.1 Å². The molecule has 2 rings (SSSR count).